The normalized spacial score (nSPS) is 10.5. The summed E-state index contributed by atoms with van der Waals surface area (Å²) in [5, 5.41) is 12.4. The van der Waals surface area contributed by atoms with Crippen molar-refractivity contribution >= 4 is 28.5 Å². The molecule has 4 rings (SSSR count). The Labute approximate surface area is 171 Å². The van der Waals surface area contributed by atoms with Crippen LogP contribution in [0.2, 0.25) is 0 Å². The molecule has 0 aliphatic heterocycles. The second-order valence-corrected chi connectivity index (χ2v) is 6.63. The molecule has 2 aromatic heterocycles. The van der Waals surface area contributed by atoms with Crippen LogP contribution in [-0.2, 0) is 7.05 Å². The summed E-state index contributed by atoms with van der Waals surface area (Å²) in [5.41, 5.74) is 9.41. The van der Waals surface area contributed by atoms with E-state index in [1.165, 1.54) is 6.33 Å². The molecule has 0 unspecified atom stereocenters. The van der Waals surface area contributed by atoms with Crippen LogP contribution in [0.15, 0.2) is 60.9 Å². The van der Waals surface area contributed by atoms with Gasteiger partial charge in [-0.3, -0.25) is 9.59 Å². The monoisotopic (exact) mass is 396 g/mol. The zero-order valence-corrected chi connectivity index (χ0v) is 16.0. The predicted molar refractivity (Wildman–Crippen MR) is 112 cm³/mol. The van der Waals surface area contributed by atoms with Crippen LogP contribution in [0.25, 0.3) is 22.3 Å². The van der Waals surface area contributed by atoms with Gasteiger partial charge < -0.3 is 15.6 Å². The first-order chi connectivity index (χ1) is 14.5. The number of anilines is 1. The van der Waals surface area contributed by atoms with Crippen LogP contribution >= 0.6 is 0 Å². The first kappa shape index (κ1) is 18.8. The average Bonchev–Trinajstić information content (AvgIpc) is 3.11. The highest BCUT2D eigenvalue weighted by Gasteiger charge is 2.16. The Bertz CT molecular complexity index is 1310. The van der Waals surface area contributed by atoms with E-state index in [4.69, 9.17) is 11.0 Å². The van der Waals surface area contributed by atoms with E-state index < -0.39 is 5.91 Å². The minimum atomic E-state index is -0.540. The van der Waals surface area contributed by atoms with Gasteiger partial charge in [0.05, 0.1) is 17.3 Å². The van der Waals surface area contributed by atoms with Crippen molar-refractivity contribution in [2.24, 2.45) is 12.8 Å². The van der Waals surface area contributed by atoms with E-state index in [0.717, 1.165) is 5.56 Å². The molecule has 3 N–H and O–H groups in total. The second kappa shape index (κ2) is 7.48. The summed E-state index contributed by atoms with van der Waals surface area (Å²) < 4.78 is 1.63. The van der Waals surface area contributed by atoms with Crippen molar-refractivity contribution in [3.05, 3.63) is 77.7 Å². The first-order valence-electron chi connectivity index (χ1n) is 9.00. The number of nitrogens with one attached hydrogen (secondary N) is 1. The van der Waals surface area contributed by atoms with E-state index in [-0.39, 0.29) is 5.91 Å². The Balaban J connectivity index is 1.61. The molecule has 4 aromatic rings. The summed E-state index contributed by atoms with van der Waals surface area (Å²) in [5.74, 6) is -0.812. The highest BCUT2D eigenvalue weighted by Crippen LogP contribution is 2.28. The van der Waals surface area contributed by atoms with Crippen LogP contribution in [0.5, 0.6) is 0 Å². The van der Waals surface area contributed by atoms with Gasteiger partial charge in [-0.25, -0.2) is 9.97 Å². The molecule has 0 aliphatic carbocycles. The van der Waals surface area contributed by atoms with E-state index in [1.807, 2.05) is 18.2 Å². The predicted octanol–water partition coefficient (Wildman–Crippen LogP) is 2.86. The van der Waals surface area contributed by atoms with Gasteiger partial charge in [-0.2, -0.15) is 5.26 Å². The fraction of sp³-hybridized carbons (Fsp3) is 0.0455. The lowest BCUT2D eigenvalue weighted by Crippen LogP contribution is -2.15. The third-order valence-corrected chi connectivity index (χ3v) is 4.77. The largest absolute Gasteiger partial charge is 0.364 e. The summed E-state index contributed by atoms with van der Waals surface area (Å²) in [6.45, 7) is 0. The lowest BCUT2D eigenvalue weighted by atomic mass is 10.1. The molecule has 2 amide bonds. The van der Waals surface area contributed by atoms with Gasteiger partial charge in [-0.1, -0.05) is 12.1 Å². The van der Waals surface area contributed by atoms with Crippen LogP contribution < -0.4 is 11.1 Å². The number of nitriles is 1. The number of aromatic nitrogens is 3. The van der Waals surface area contributed by atoms with E-state index in [1.54, 1.807) is 54.1 Å². The molecule has 2 heterocycles. The number of carbonyl (C=O) groups is 2. The fourth-order valence-corrected chi connectivity index (χ4v) is 3.21. The van der Waals surface area contributed by atoms with Crippen molar-refractivity contribution in [2.45, 2.75) is 0 Å². The number of hydrogen-bond donors (Lipinski definition) is 2. The number of nitrogens with zero attached hydrogens (tertiary/aromatic N) is 4. The molecular formula is C22H16N6O2. The van der Waals surface area contributed by atoms with Gasteiger partial charge >= 0.3 is 0 Å². The zero-order valence-electron chi connectivity index (χ0n) is 16.0. The third-order valence-electron chi connectivity index (χ3n) is 4.77. The summed E-state index contributed by atoms with van der Waals surface area (Å²) in [7, 11) is 1.72. The molecule has 146 valence electrons. The van der Waals surface area contributed by atoms with Gasteiger partial charge in [0.15, 0.2) is 0 Å². The minimum Gasteiger partial charge on any atom is -0.364 e. The minimum absolute atomic E-state index is 0.272. The van der Waals surface area contributed by atoms with Gasteiger partial charge in [0.2, 0.25) is 0 Å². The SMILES string of the molecule is Cn1c(C(N)=O)cc2c(-c3ccc(NC(=O)c4ccc(C#N)cc4)cc3)ncnc21. The van der Waals surface area contributed by atoms with Crippen molar-refractivity contribution in [2.75, 3.05) is 5.32 Å². The molecule has 0 radical (unpaired) electrons. The Morgan fingerprint density at radius 2 is 1.77 bits per heavy atom. The van der Waals surface area contributed by atoms with Gasteiger partial charge in [0.25, 0.3) is 11.8 Å². The van der Waals surface area contributed by atoms with E-state index in [0.29, 0.717) is 39.2 Å². The van der Waals surface area contributed by atoms with E-state index >= 15 is 0 Å². The van der Waals surface area contributed by atoms with Crippen molar-refractivity contribution in [3.8, 4) is 17.3 Å². The van der Waals surface area contributed by atoms with Crippen LogP contribution in [-0.4, -0.2) is 26.3 Å². The number of carbonyl (C=O) groups excluding carboxylic acids is 2. The van der Waals surface area contributed by atoms with Crippen LogP contribution in [0.1, 0.15) is 26.4 Å². The molecular weight excluding hydrogens is 380 g/mol. The lowest BCUT2D eigenvalue weighted by Gasteiger charge is -2.07. The molecule has 8 nitrogen and oxygen atoms in total. The quantitative estimate of drug-likeness (QED) is 0.548. The highest BCUT2D eigenvalue weighted by molar-refractivity contribution is 6.04. The molecule has 0 saturated carbocycles. The van der Waals surface area contributed by atoms with E-state index in [2.05, 4.69) is 15.3 Å². The number of primary amides is 1. The molecule has 30 heavy (non-hydrogen) atoms. The summed E-state index contributed by atoms with van der Waals surface area (Å²) >= 11 is 0. The molecule has 2 aromatic carbocycles. The smallest absolute Gasteiger partial charge is 0.265 e. The van der Waals surface area contributed by atoms with Crippen LogP contribution in [0, 0.1) is 11.3 Å². The standard InChI is InChI=1S/C22H16N6O2/c1-28-18(20(24)29)10-17-19(25-12-26-21(17)28)14-6-8-16(9-7-14)27-22(30)15-4-2-13(11-23)3-5-15/h2-10,12H,1H3,(H2,24,29)(H,27,30). The van der Waals surface area contributed by atoms with Gasteiger partial charge in [-0.15, -0.1) is 0 Å². The highest BCUT2D eigenvalue weighted by atomic mass is 16.2. The van der Waals surface area contributed by atoms with Crippen molar-refractivity contribution in [3.63, 3.8) is 0 Å². The number of aryl methyl sites for hydroxylation is 1. The van der Waals surface area contributed by atoms with Crippen molar-refractivity contribution < 1.29 is 9.59 Å². The Morgan fingerprint density at radius 1 is 1.07 bits per heavy atom. The van der Waals surface area contributed by atoms with Gasteiger partial charge in [0, 0.05) is 29.2 Å². The lowest BCUT2D eigenvalue weighted by molar-refractivity contribution is 0.0991. The van der Waals surface area contributed by atoms with Crippen LogP contribution in [0.3, 0.4) is 0 Å². The maximum Gasteiger partial charge on any atom is 0.265 e. The Hall–Kier alpha value is -4.51. The van der Waals surface area contributed by atoms with Crippen molar-refractivity contribution in [1.29, 1.82) is 5.26 Å². The van der Waals surface area contributed by atoms with Crippen molar-refractivity contribution in [1.82, 2.24) is 14.5 Å². The molecule has 0 bridgehead atoms. The second-order valence-electron chi connectivity index (χ2n) is 6.63. The summed E-state index contributed by atoms with van der Waals surface area (Å²) in [6, 6.07) is 17.3. The number of amides is 2. The molecule has 0 aliphatic rings. The summed E-state index contributed by atoms with van der Waals surface area (Å²) in [4.78, 5) is 32.6. The van der Waals surface area contributed by atoms with E-state index in [9.17, 15) is 9.59 Å². The topological polar surface area (TPSA) is 127 Å². The number of fused-ring (bicyclic) bond motifs is 1. The maximum atomic E-state index is 12.4. The number of hydrogen-bond acceptors (Lipinski definition) is 5. The van der Waals surface area contributed by atoms with Gasteiger partial charge in [0.1, 0.15) is 17.7 Å². The molecule has 0 atom stereocenters. The summed E-state index contributed by atoms with van der Waals surface area (Å²) in [6.07, 6.45) is 1.43. The first-order valence-corrected chi connectivity index (χ1v) is 9.00. The number of benzene rings is 2. The zero-order chi connectivity index (χ0) is 21.3. The number of rotatable bonds is 4. The molecule has 8 heteroatoms. The Morgan fingerprint density at radius 3 is 2.40 bits per heavy atom. The maximum absolute atomic E-state index is 12.4. The Kier molecular flexibility index (Phi) is 4.70. The average molecular weight is 396 g/mol. The van der Waals surface area contributed by atoms with Gasteiger partial charge in [-0.05, 0) is 42.5 Å². The molecule has 0 spiro atoms. The third kappa shape index (κ3) is 3.36. The van der Waals surface area contributed by atoms with Crippen LogP contribution in [0.4, 0.5) is 5.69 Å². The number of nitrogens with two attached hydrogens (primary N) is 1. The molecule has 0 saturated heterocycles. The molecule has 0 fully saturated rings. The fourth-order valence-electron chi connectivity index (χ4n) is 3.21.